The van der Waals surface area contributed by atoms with Crippen LogP contribution in [0.15, 0.2) is 36.7 Å². The first kappa shape index (κ1) is 12.6. The summed E-state index contributed by atoms with van der Waals surface area (Å²) in [5.41, 5.74) is 7.72. The van der Waals surface area contributed by atoms with Crippen LogP contribution in [-0.4, -0.2) is 12.0 Å². The fourth-order valence-electron chi connectivity index (χ4n) is 1.75. The lowest BCUT2D eigenvalue weighted by Gasteiger charge is -2.21. The molecule has 0 fully saturated rings. The van der Waals surface area contributed by atoms with E-state index < -0.39 is 0 Å². The molecule has 2 rings (SSSR count). The Kier molecular flexibility index (Phi) is 3.67. The number of nitrogens with zero attached hydrogens (tertiary/aromatic N) is 2. The molecule has 0 saturated heterocycles. The summed E-state index contributed by atoms with van der Waals surface area (Å²) in [5, 5.41) is 0.516. The number of hydrogen-bond donors (Lipinski definition) is 1. The summed E-state index contributed by atoms with van der Waals surface area (Å²) in [6.07, 6.45) is 3.22. The third-order valence-electron chi connectivity index (χ3n) is 2.65. The van der Waals surface area contributed by atoms with Gasteiger partial charge in [0.25, 0.3) is 0 Å². The number of benzene rings is 1. The minimum absolute atomic E-state index is 0.279. The normalized spacial score (nSPS) is 10.4. The number of nitrogen functional groups attached to an aromatic ring is 1. The molecule has 94 valence electrons. The molecule has 0 aliphatic carbocycles. The van der Waals surface area contributed by atoms with E-state index in [4.69, 9.17) is 17.3 Å². The summed E-state index contributed by atoms with van der Waals surface area (Å²) < 4.78 is 13.6. The number of anilines is 2. The number of hydrogen-bond acceptors (Lipinski definition) is 3. The molecule has 18 heavy (non-hydrogen) atoms. The minimum Gasteiger partial charge on any atom is -0.396 e. The Bertz CT molecular complexity index is 560. The van der Waals surface area contributed by atoms with Gasteiger partial charge in [-0.1, -0.05) is 11.6 Å². The van der Waals surface area contributed by atoms with Crippen LogP contribution in [0.1, 0.15) is 5.56 Å². The van der Waals surface area contributed by atoms with E-state index in [2.05, 4.69) is 4.98 Å². The Morgan fingerprint density at radius 3 is 2.89 bits per heavy atom. The molecule has 1 aromatic carbocycles. The van der Waals surface area contributed by atoms with Gasteiger partial charge in [-0.3, -0.25) is 4.98 Å². The highest BCUT2D eigenvalue weighted by atomic mass is 35.5. The first-order valence-corrected chi connectivity index (χ1v) is 5.80. The van der Waals surface area contributed by atoms with Crippen molar-refractivity contribution < 1.29 is 4.39 Å². The van der Waals surface area contributed by atoms with Crippen molar-refractivity contribution >= 4 is 23.0 Å². The lowest BCUT2D eigenvalue weighted by atomic mass is 10.2. The highest BCUT2D eigenvalue weighted by Crippen LogP contribution is 2.23. The highest BCUT2D eigenvalue weighted by Gasteiger charge is 2.09. The highest BCUT2D eigenvalue weighted by molar-refractivity contribution is 6.30. The fraction of sp³-hybridized carbons (Fsp3) is 0.154. The van der Waals surface area contributed by atoms with Gasteiger partial charge in [-0.2, -0.15) is 0 Å². The van der Waals surface area contributed by atoms with Crippen LogP contribution in [0.5, 0.6) is 0 Å². The first-order valence-electron chi connectivity index (χ1n) is 5.42. The molecule has 0 amide bonds. The molecule has 5 heteroatoms. The molecule has 0 atom stereocenters. The molecule has 0 bridgehead atoms. The number of aromatic nitrogens is 1. The van der Waals surface area contributed by atoms with Crippen molar-refractivity contribution in [1.29, 1.82) is 0 Å². The van der Waals surface area contributed by atoms with Gasteiger partial charge in [-0.05, 0) is 24.3 Å². The summed E-state index contributed by atoms with van der Waals surface area (Å²) >= 11 is 5.86. The molecule has 0 unspecified atom stereocenters. The Morgan fingerprint density at radius 2 is 2.17 bits per heavy atom. The van der Waals surface area contributed by atoms with E-state index in [0.29, 0.717) is 22.8 Å². The molecule has 2 N–H and O–H groups in total. The van der Waals surface area contributed by atoms with Crippen molar-refractivity contribution in [3.8, 4) is 0 Å². The minimum atomic E-state index is -0.279. The van der Waals surface area contributed by atoms with E-state index in [1.165, 1.54) is 12.1 Å². The molecule has 0 saturated carbocycles. The van der Waals surface area contributed by atoms with E-state index in [-0.39, 0.29) is 5.82 Å². The largest absolute Gasteiger partial charge is 0.396 e. The summed E-state index contributed by atoms with van der Waals surface area (Å²) in [6, 6.07) is 6.30. The van der Waals surface area contributed by atoms with Crippen LogP contribution >= 0.6 is 11.6 Å². The zero-order chi connectivity index (χ0) is 13.1. The number of rotatable bonds is 3. The van der Waals surface area contributed by atoms with Gasteiger partial charge in [-0.15, -0.1) is 0 Å². The maximum atomic E-state index is 13.6. The van der Waals surface area contributed by atoms with Gasteiger partial charge in [0.1, 0.15) is 5.82 Å². The zero-order valence-electron chi connectivity index (χ0n) is 9.90. The zero-order valence-corrected chi connectivity index (χ0v) is 10.7. The first-order chi connectivity index (χ1) is 8.58. The van der Waals surface area contributed by atoms with E-state index in [0.717, 1.165) is 5.69 Å². The second kappa shape index (κ2) is 5.23. The predicted molar refractivity (Wildman–Crippen MR) is 72.2 cm³/mol. The van der Waals surface area contributed by atoms with Crippen molar-refractivity contribution in [2.45, 2.75) is 6.54 Å². The van der Waals surface area contributed by atoms with Crippen LogP contribution in [0.25, 0.3) is 0 Å². The van der Waals surface area contributed by atoms with E-state index >= 15 is 0 Å². The second-order valence-electron chi connectivity index (χ2n) is 4.03. The Balaban J connectivity index is 2.24. The van der Waals surface area contributed by atoms with E-state index in [1.807, 2.05) is 11.9 Å². The van der Waals surface area contributed by atoms with Gasteiger partial charge in [0.2, 0.25) is 0 Å². The molecular weight excluding hydrogens is 253 g/mol. The summed E-state index contributed by atoms with van der Waals surface area (Å²) in [4.78, 5) is 5.77. The summed E-state index contributed by atoms with van der Waals surface area (Å²) in [6.45, 7) is 0.389. The monoisotopic (exact) mass is 265 g/mol. The molecule has 0 spiro atoms. The maximum absolute atomic E-state index is 13.6. The van der Waals surface area contributed by atoms with Crippen molar-refractivity contribution in [3.63, 3.8) is 0 Å². The van der Waals surface area contributed by atoms with E-state index in [9.17, 15) is 4.39 Å². The molecule has 2 aromatic rings. The predicted octanol–water partition coefficient (Wildman–Crippen LogP) is 3.09. The Morgan fingerprint density at radius 1 is 1.39 bits per heavy atom. The lowest BCUT2D eigenvalue weighted by Crippen LogP contribution is -2.18. The quantitative estimate of drug-likeness (QED) is 0.927. The standard InChI is InChI=1S/C13H13ClFN3/c1-18(13-4-5-17-7-12(13)16)8-9-6-10(14)2-3-11(9)15/h2-7H,8,16H2,1H3. The molecule has 0 radical (unpaired) electrons. The Hall–Kier alpha value is -1.81. The maximum Gasteiger partial charge on any atom is 0.128 e. The van der Waals surface area contributed by atoms with Crippen LogP contribution in [-0.2, 0) is 6.54 Å². The van der Waals surface area contributed by atoms with Crippen LogP contribution < -0.4 is 10.6 Å². The number of nitrogens with two attached hydrogens (primary N) is 1. The van der Waals surface area contributed by atoms with Crippen LogP contribution in [0.2, 0.25) is 5.02 Å². The van der Waals surface area contributed by atoms with Gasteiger partial charge in [-0.25, -0.2) is 4.39 Å². The molecule has 0 aliphatic heterocycles. The van der Waals surface area contributed by atoms with Crippen molar-refractivity contribution in [1.82, 2.24) is 4.98 Å². The van der Waals surface area contributed by atoms with Gasteiger partial charge >= 0.3 is 0 Å². The number of pyridine rings is 1. The smallest absolute Gasteiger partial charge is 0.128 e. The third kappa shape index (κ3) is 2.71. The fourth-order valence-corrected chi connectivity index (χ4v) is 1.95. The Labute approximate surface area is 110 Å². The lowest BCUT2D eigenvalue weighted by molar-refractivity contribution is 0.608. The van der Waals surface area contributed by atoms with Gasteiger partial charge in [0, 0.05) is 30.4 Å². The molecular formula is C13H13ClFN3. The van der Waals surface area contributed by atoms with Crippen molar-refractivity contribution in [2.24, 2.45) is 0 Å². The second-order valence-corrected chi connectivity index (χ2v) is 4.46. The van der Waals surface area contributed by atoms with Gasteiger partial charge < -0.3 is 10.6 Å². The van der Waals surface area contributed by atoms with Crippen LogP contribution in [0, 0.1) is 5.82 Å². The average Bonchev–Trinajstić information content (AvgIpc) is 2.34. The van der Waals surface area contributed by atoms with Crippen LogP contribution in [0.3, 0.4) is 0 Å². The molecule has 0 aliphatic rings. The van der Waals surface area contributed by atoms with Gasteiger partial charge in [0.15, 0.2) is 0 Å². The van der Waals surface area contributed by atoms with E-state index in [1.54, 1.807) is 24.5 Å². The van der Waals surface area contributed by atoms with Crippen molar-refractivity contribution in [2.75, 3.05) is 17.7 Å². The SMILES string of the molecule is CN(Cc1cc(Cl)ccc1F)c1ccncc1N. The average molecular weight is 266 g/mol. The number of halogens is 2. The topological polar surface area (TPSA) is 42.2 Å². The van der Waals surface area contributed by atoms with Gasteiger partial charge in [0.05, 0.1) is 17.6 Å². The molecule has 1 aromatic heterocycles. The molecule has 3 nitrogen and oxygen atoms in total. The van der Waals surface area contributed by atoms with Crippen molar-refractivity contribution in [3.05, 3.63) is 53.1 Å². The van der Waals surface area contributed by atoms with Crippen LogP contribution in [0.4, 0.5) is 15.8 Å². The third-order valence-corrected chi connectivity index (χ3v) is 2.89. The summed E-state index contributed by atoms with van der Waals surface area (Å²) in [5.74, 6) is -0.279. The summed E-state index contributed by atoms with van der Waals surface area (Å²) in [7, 11) is 1.84. The molecule has 1 heterocycles.